The third-order valence-corrected chi connectivity index (χ3v) is 5.45. The Morgan fingerprint density at radius 3 is 2.71 bits per heavy atom. The van der Waals surface area contributed by atoms with E-state index >= 15 is 0 Å². The molecule has 5 nitrogen and oxygen atoms in total. The van der Waals surface area contributed by atoms with Crippen molar-refractivity contribution >= 4 is 0 Å². The van der Waals surface area contributed by atoms with Gasteiger partial charge < -0.3 is 23.7 Å². The van der Waals surface area contributed by atoms with Gasteiger partial charge >= 0.3 is 0 Å². The first-order valence-corrected chi connectivity index (χ1v) is 10.5. The van der Waals surface area contributed by atoms with Crippen LogP contribution < -0.4 is 4.74 Å². The molecule has 0 spiro atoms. The van der Waals surface area contributed by atoms with Crippen molar-refractivity contribution in [1.82, 2.24) is 0 Å². The van der Waals surface area contributed by atoms with Gasteiger partial charge in [0.25, 0.3) is 0 Å². The molecule has 2 fully saturated rings. The van der Waals surface area contributed by atoms with Crippen LogP contribution in [0.4, 0.5) is 0 Å². The highest BCUT2D eigenvalue weighted by atomic mass is 16.7. The Hall–Kier alpha value is -1.40. The molecular formula is C23H34O5. The summed E-state index contributed by atoms with van der Waals surface area (Å²) in [5.74, 6) is 0.128. The highest BCUT2D eigenvalue weighted by molar-refractivity contribution is 5.32. The molecule has 2 heterocycles. The van der Waals surface area contributed by atoms with Crippen molar-refractivity contribution in [2.75, 3.05) is 33.5 Å². The van der Waals surface area contributed by atoms with Crippen molar-refractivity contribution in [3.63, 3.8) is 0 Å². The van der Waals surface area contributed by atoms with Gasteiger partial charge in [-0.3, -0.25) is 0 Å². The lowest BCUT2D eigenvalue weighted by Crippen LogP contribution is -2.26. The van der Waals surface area contributed by atoms with E-state index in [-0.39, 0.29) is 0 Å². The Bertz CT molecular complexity index is 609. The van der Waals surface area contributed by atoms with E-state index in [1.165, 1.54) is 0 Å². The SMILES string of the molecule is COc1cccc(C2(CC=CCCC[C@H]3CC[C@H](C)OCCO3)OCCO2)c1. The van der Waals surface area contributed by atoms with Crippen molar-refractivity contribution in [2.24, 2.45) is 0 Å². The Morgan fingerprint density at radius 2 is 1.89 bits per heavy atom. The number of benzene rings is 1. The van der Waals surface area contributed by atoms with Crippen LogP contribution in [0.3, 0.4) is 0 Å². The number of unbranched alkanes of at least 4 members (excludes halogenated alkanes) is 1. The lowest BCUT2D eigenvalue weighted by atomic mass is 10.0. The van der Waals surface area contributed by atoms with Crippen LogP contribution in [0.2, 0.25) is 0 Å². The van der Waals surface area contributed by atoms with E-state index in [4.69, 9.17) is 23.7 Å². The lowest BCUT2D eigenvalue weighted by Gasteiger charge is -2.27. The molecule has 2 atom stereocenters. The third kappa shape index (κ3) is 6.05. The summed E-state index contributed by atoms with van der Waals surface area (Å²) in [6, 6.07) is 7.95. The number of methoxy groups -OCH3 is 1. The summed E-state index contributed by atoms with van der Waals surface area (Å²) in [5, 5.41) is 0. The van der Waals surface area contributed by atoms with Gasteiger partial charge in [0.2, 0.25) is 0 Å². The highest BCUT2D eigenvalue weighted by Crippen LogP contribution is 2.36. The normalized spacial score (nSPS) is 25.5. The molecule has 1 aromatic carbocycles. The van der Waals surface area contributed by atoms with E-state index in [1.807, 2.05) is 24.3 Å². The zero-order valence-electron chi connectivity index (χ0n) is 17.2. The monoisotopic (exact) mass is 390 g/mol. The van der Waals surface area contributed by atoms with Crippen molar-refractivity contribution in [1.29, 1.82) is 0 Å². The maximum absolute atomic E-state index is 6.00. The third-order valence-electron chi connectivity index (χ3n) is 5.45. The molecule has 0 unspecified atom stereocenters. The van der Waals surface area contributed by atoms with E-state index in [0.717, 1.165) is 43.4 Å². The number of rotatable bonds is 8. The molecule has 1 aromatic rings. The molecule has 2 aliphatic heterocycles. The topological polar surface area (TPSA) is 46.2 Å². The molecule has 0 N–H and O–H groups in total. The van der Waals surface area contributed by atoms with Crippen LogP contribution in [-0.2, 0) is 24.7 Å². The standard InChI is InChI=1S/C23H34O5/c1-19-11-12-21(26-15-14-25-19)9-5-3-4-6-13-23(27-16-17-28-23)20-8-7-10-22(18-20)24-2/h4,6-8,10,18-19,21H,3,5,9,11-17H2,1-2H3/t19-,21-/m0/s1. The first kappa shape index (κ1) is 21.3. The van der Waals surface area contributed by atoms with Gasteiger partial charge in [-0.1, -0.05) is 24.3 Å². The molecule has 3 rings (SSSR count). The van der Waals surface area contributed by atoms with Gasteiger partial charge in [-0.05, 0) is 51.2 Å². The van der Waals surface area contributed by atoms with E-state index in [9.17, 15) is 0 Å². The van der Waals surface area contributed by atoms with Crippen LogP contribution in [0.5, 0.6) is 5.75 Å². The van der Waals surface area contributed by atoms with Gasteiger partial charge in [-0.15, -0.1) is 0 Å². The number of hydrogen-bond donors (Lipinski definition) is 0. The Morgan fingerprint density at radius 1 is 1.07 bits per heavy atom. The summed E-state index contributed by atoms with van der Waals surface area (Å²) in [6.45, 7) is 4.81. The lowest BCUT2D eigenvalue weighted by molar-refractivity contribution is -0.162. The fourth-order valence-corrected chi connectivity index (χ4v) is 3.82. The minimum absolute atomic E-state index is 0.352. The minimum atomic E-state index is -0.691. The van der Waals surface area contributed by atoms with Crippen molar-refractivity contribution < 1.29 is 23.7 Å². The molecule has 5 heteroatoms. The molecule has 0 bridgehead atoms. The average molecular weight is 391 g/mol. The zero-order chi connectivity index (χ0) is 19.7. The van der Waals surface area contributed by atoms with E-state index < -0.39 is 5.79 Å². The molecular weight excluding hydrogens is 356 g/mol. The second kappa shape index (κ2) is 11.0. The van der Waals surface area contributed by atoms with Gasteiger partial charge in [0.1, 0.15) is 5.75 Å². The molecule has 2 saturated heterocycles. The first-order valence-electron chi connectivity index (χ1n) is 10.5. The van der Waals surface area contributed by atoms with Crippen molar-refractivity contribution in [2.45, 2.75) is 63.4 Å². The Kier molecular flexibility index (Phi) is 8.34. The summed E-state index contributed by atoms with van der Waals surface area (Å²) in [7, 11) is 1.68. The van der Waals surface area contributed by atoms with Crippen molar-refractivity contribution in [3.05, 3.63) is 42.0 Å². The van der Waals surface area contributed by atoms with Crippen molar-refractivity contribution in [3.8, 4) is 5.75 Å². The van der Waals surface area contributed by atoms with Crippen LogP contribution in [0.1, 0.15) is 51.0 Å². The smallest absolute Gasteiger partial charge is 0.198 e. The number of ether oxygens (including phenoxy) is 5. The zero-order valence-corrected chi connectivity index (χ0v) is 17.2. The fraction of sp³-hybridized carbons (Fsp3) is 0.652. The largest absolute Gasteiger partial charge is 0.497 e. The molecule has 0 aromatic heterocycles. The van der Waals surface area contributed by atoms with Gasteiger partial charge in [0.15, 0.2) is 5.79 Å². The minimum Gasteiger partial charge on any atom is -0.497 e. The number of hydrogen-bond acceptors (Lipinski definition) is 5. The summed E-state index contributed by atoms with van der Waals surface area (Å²) >= 11 is 0. The Balaban J connectivity index is 1.45. The second-order valence-corrected chi connectivity index (χ2v) is 7.54. The van der Waals surface area contributed by atoms with Crippen LogP contribution in [-0.4, -0.2) is 45.7 Å². The van der Waals surface area contributed by atoms with Crippen LogP contribution in [0.15, 0.2) is 36.4 Å². The predicted molar refractivity (Wildman–Crippen MR) is 109 cm³/mol. The fourth-order valence-electron chi connectivity index (χ4n) is 3.82. The Labute approximate surface area is 169 Å². The second-order valence-electron chi connectivity index (χ2n) is 7.54. The van der Waals surface area contributed by atoms with Crippen LogP contribution in [0, 0.1) is 0 Å². The summed E-state index contributed by atoms with van der Waals surface area (Å²) in [6.07, 6.45) is 11.3. The molecule has 0 amide bonds. The van der Waals surface area contributed by atoms with E-state index in [2.05, 4.69) is 19.1 Å². The predicted octanol–water partition coefficient (Wildman–Crippen LogP) is 4.60. The maximum Gasteiger partial charge on any atom is 0.198 e. The molecule has 0 aliphatic carbocycles. The summed E-state index contributed by atoms with van der Waals surface area (Å²) in [4.78, 5) is 0. The van der Waals surface area contributed by atoms with Crippen LogP contribution in [0.25, 0.3) is 0 Å². The summed E-state index contributed by atoms with van der Waals surface area (Å²) in [5.41, 5.74) is 1.01. The highest BCUT2D eigenvalue weighted by Gasteiger charge is 2.37. The van der Waals surface area contributed by atoms with Gasteiger partial charge in [0.05, 0.1) is 45.7 Å². The molecule has 2 aliphatic rings. The number of allylic oxidation sites excluding steroid dienone is 1. The molecule has 0 saturated carbocycles. The van der Waals surface area contributed by atoms with Gasteiger partial charge in [-0.25, -0.2) is 0 Å². The maximum atomic E-state index is 6.00. The van der Waals surface area contributed by atoms with Gasteiger partial charge in [0, 0.05) is 12.0 Å². The van der Waals surface area contributed by atoms with E-state index in [1.54, 1.807) is 7.11 Å². The summed E-state index contributed by atoms with van der Waals surface area (Å²) < 4.78 is 28.9. The first-order chi connectivity index (χ1) is 13.7. The molecule has 156 valence electrons. The van der Waals surface area contributed by atoms with Gasteiger partial charge in [-0.2, -0.15) is 0 Å². The quantitative estimate of drug-likeness (QED) is 0.480. The molecule has 28 heavy (non-hydrogen) atoms. The molecule has 0 radical (unpaired) electrons. The van der Waals surface area contributed by atoms with Crippen LogP contribution >= 0.6 is 0 Å². The average Bonchev–Trinajstić information content (AvgIpc) is 3.19. The van der Waals surface area contributed by atoms with E-state index in [0.29, 0.717) is 45.1 Å².